The van der Waals surface area contributed by atoms with Crippen molar-refractivity contribution in [1.82, 2.24) is 9.88 Å². The molecule has 1 amide bonds. The predicted octanol–water partition coefficient (Wildman–Crippen LogP) is 3.17. The highest BCUT2D eigenvalue weighted by atomic mass is 16.1. The van der Waals surface area contributed by atoms with Gasteiger partial charge in [0, 0.05) is 35.1 Å². The topological polar surface area (TPSA) is 62.1 Å². The molecule has 4 rings (SSSR count). The summed E-state index contributed by atoms with van der Waals surface area (Å²) >= 11 is 0. The number of rotatable bonds is 3. The Labute approximate surface area is 143 Å². The monoisotopic (exact) mass is 325 g/mol. The van der Waals surface area contributed by atoms with Gasteiger partial charge in [-0.2, -0.15) is 0 Å². The normalized spacial score (nSPS) is 32.7. The van der Waals surface area contributed by atoms with Gasteiger partial charge in [-0.1, -0.05) is 26.0 Å². The van der Waals surface area contributed by atoms with Crippen LogP contribution in [-0.4, -0.2) is 34.9 Å². The van der Waals surface area contributed by atoms with Gasteiger partial charge in [-0.15, -0.1) is 0 Å². The molecule has 1 fully saturated rings. The van der Waals surface area contributed by atoms with Gasteiger partial charge in [0.25, 0.3) is 0 Å². The molecular weight excluding hydrogens is 298 g/mol. The smallest absolute Gasteiger partial charge is 0.225 e. The van der Waals surface area contributed by atoms with Gasteiger partial charge >= 0.3 is 0 Å². The summed E-state index contributed by atoms with van der Waals surface area (Å²) in [5.74, 6) is 0.242. The molecule has 0 saturated carbocycles. The molecule has 2 heterocycles. The van der Waals surface area contributed by atoms with Crippen molar-refractivity contribution in [2.75, 3.05) is 7.05 Å². The van der Waals surface area contributed by atoms with Crippen LogP contribution >= 0.6 is 0 Å². The molecule has 1 aliphatic carbocycles. The number of aromatic amines is 1. The Balaban J connectivity index is 1.88. The third kappa shape index (κ3) is 1.86. The largest absolute Gasteiger partial charge is 0.369 e. The van der Waals surface area contributed by atoms with Crippen LogP contribution in [0.25, 0.3) is 10.9 Å². The van der Waals surface area contributed by atoms with Gasteiger partial charge in [0.05, 0.1) is 5.41 Å². The minimum atomic E-state index is -0.430. The van der Waals surface area contributed by atoms with Gasteiger partial charge in [-0.25, -0.2) is 0 Å². The first-order chi connectivity index (χ1) is 11.5. The Morgan fingerprint density at radius 1 is 1.42 bits per heavy atom. The zero-order valence-electron chi connectivity index (χ0n) is 14.8. The lowest BCUT2D eigenvalue weighted by atomic mass is 9.61. The van der Waals surface area contributed by atoms with Gasteiger partial charge < -0.3 is 10.7 Å². The maximum atomic E-state index is 12.5. The number of primary amides is 1. The van der Waals surface area contributed by atoms with Crippen LogP contribution in [-0.2, 0) is 11.2 Å². The van der Waals surface area contributed by atoms with E-state index in [0.29, 0.717) is 12.0 Å². The molecule has 4 nitrogen and oxygen atoms in total. The number of carbonyl (C=O) groups is 1. The number of likely N-dealkylation sites (tertiary alicyclic amines) is 1. The molecule has 1 aromatic heterocycles. The Morgan fingerprint density at radius 3 is 2.88 bits per heavy atom. The molecule has 2 aliphatic rings. The summed E-state index contributed by atoms with van der Waals surface area (Å²) < 4.78 is 0. The second kappa shape index (κ2) is 5.35. The maximum absolute atomic E-state index is 12.5. The third-order valence-electron chi connectivity index (χ3n) is 6.86. The fourth-order valence-electron chi connectivity index (χ4n) is 5.65. The second-order valence-electron chi connectivity index (χ2n) is 7.63. The number of aromatic nitrogens is 1. The van der Waals surface area contributed by atoms with E-state index in [1.54, 1.807) is 0 Å². The summed E-state index contributed by atoms with van der Waals surface area (Å²) in [5.41, 5.74) is 9.54. The van der Waals surface area contributed by atoms with Crippen molar-refractivity contribution in [2.24, 2.45) is 11.1 Å². The van der Waals surface area contributed by atoms with E-state index < -0.39 is 5.41 Å². The zero-order valence-corrected chi connectivity index (χ0v) is 14.8. The first-order valence-electron chi connectivity index (χ1n) is 9.14. The van der Waals surface area contributed by atoms with Gasteiger partial charge in [-0.05, 0) is 49.9 Å². The van der Waals surface area contributed by atoms with Crippen molar-refractivity contribution >= 4 is 16.8 Å². The van der Waals surface area contributed by atoms with Crippen LogP contribution in [0.15, 0.2) is 24.4 Å². The molecule has 4 atom stereocenters. The molecule has 4 heteroatoms. The molecule has 1 aliphatic heterocycles. The van der Waals surface area contributed by atoms with Crippen LogP contribution in [0.1, 0.15) is 50.2 Å². The average Bonchev–Trinajstić information content (AvgIpc) is 3.00. The Kier molecular flexibility index (Phi) is 3.50. The fourth-order valence-corrected chi connectivity index (χ4v) is 5.65. The van der Waals surface area contributed by atoms with Crippen molar-refractivity contribution in [3.63, 3.8) is 0 Å². The van der Waals surface area contributed by atoms with Crippen molar-refractivity contribution < 1.29 is 4.79 Å². The lowest BCUT2D eigenvalue weighted by Crippen LogP contribution is -2.62. The molecule has 0 spiro atoms. The third-order valence-corrected chi connectivity index (χ3v) is 6.86. The number of carbonyl (C=O) groups excluding carboxylic acids is 1. The molecule has 2 unspecified atom stereocenters. The van der Waals surface area contributed by atoms with E-state index in [2.05, 4.69) is 55.2 Å². The van der Waals surface area contributed by atoms with Crippen LogP contribution in [0.5, 0.6) is 0 Å². The lowest BCUT2D eigenvalue weighted by Gasteiger charge is -2.55. The number of hydrogen-bond donors (Lipinski definition) is 2. The van der Waals surface area contributed by atoms with Crippen LogP contribution in [0.3, 0.4) is 0 Å². The van der Waals surface area contributed by atoms with Crippen LogP contribution in [0.4, 0.5) is 0 Å². The highest BCUT2D eigenvalue weighted by molar-refractivity contribution is 5.89. The summed E-state index contributed by atoms with van der Waals surface area (Å²) in [7, 11) is 2.19. The summed E-state index contributed by atoms with van der Waals surface area (Å²) in [6.07, 6.45) is 5.85. The van der Waals surface area contributed by atoms with E-state index in [9.17, 15) is 4.79 Å². The number of H-pyrrole nitrogens is 1. The quantitative estimate of drug-likeness (QED) is 0.910. The molecule has 128 valence electrons. The van der Waals surface area contributed by atoms with Crippen molar-refractivity contribution in [2.45, 2.75) is 57.5 Å². The number of piperidine rings is 1. The zero-order chi connectivity index (χ0) is 17.1. The summed E-state index contributed by atoms with van der Waals surface area (Å²) in [6.45, 7) is 4.30. The summed E-state index contributed by atoms with van der Waals surface area (Å²) in [5, 5.41) is 1.37. The number of nitrogens with zero attached hydrogens (tertiary/aromatic N) is 1. The van der Waals surface area contributed by atoms with Crippen molar-refractivity contribution in [3.05, 3.63) is 35.5 Å². The number of nitrogens with two attached hydrogens (primary N) is 1. The summed E-state index contributed by atoms with van der Waals surface area (Å²) in [6, 6.07) is 7.19. The predicted molar refractivity (Wildman–Crippen MR) is 96.9 cm³/mol. The van der Waals surface area contributed by atoms with E-state index in [1.807, 2.05) is 0 Å². The van der Waals surface area contributed by atoms with E-state index in [4.69, 9.17) is 5.73 Å². The minimum absolute atomic E-state index is 0.130. The highest BCUT2D eigenvalue weighted by Gasteiger charge is 2.53. The molecule has 3 N–H and O–H groups in total. The molecule has 1 aromatic carbocycles. The number of fused-ring (bicyclic) bond motifs is 2. The van der Waals surface area contributed by atoms with Crippen molar-refractivity contribution in [1.29, 1.82) is 0 Å². The molecular formula is C20H27N3O. The van der Waals surface area contributed by atoms with Crippen LogP contribution in [0.2, 0.25) is 0 Å². The molecule has 24 heavy (non-hydrogen) atoms. The lowest BCUT2D eigenvalue weighted by molar-refractivity contribution is -0.138. The number of hydrogen-bond acceptors (Lipinski definition) is 2. The maximum Gasteiger partial charge on any atom is 0.225 e. The number of likely N-dealkylation sites (N-methyl/N-ethyl adjacent to an activating group) is 1. The second-order valence-corrected chi connectivity index (χ2v) is 7.63. The van der Waals surface area contributed by atoms with Crippen molar-refractivity contribution in [3.8, 4) is 0 Å². The first kappa shape index (κ1) is 15.7. The highest BCUT2D eigenvalue weighted by Crippen LogP contribution is 2.52. The molecule has 1 saturated heterocycles. The summed E-state index contributed by atoms with van der Waals surface area (Å²) in [4.78, 5) is 18.4. The van der Waals surface area contributed by atoms with Gasteiger partial charge in [0.2, 0.25) is 5.91 Å². The standard InChI is InChI=1S/C20H27N3O/c1-4-17-20(5-2,19(21)24)10-14-13-7-6-8-15-18(13)12(11-22-15)9-16(14)23(17)3/h6-8,11,14,16-17,22H,4-5,9-10H2,1-3H3,(H2,21,24)/t14-,16-,17?,20?/m1/s1. The Bertz CT molecular complexity index is 795. The molecule has 0 bridgehead atoms. The molecule has 0 radical (unpaired) electrons. The van der Waals surface area contributed by atoms with E-state index in [1.165, 1.54) is 22.0 Å². The number of benzene rings is 1. The number of nitrogens with one attached hydrogen (secondary N) is 1. The van der Waals surface area contributed by atoms with E-state index in [0.717, 1.165) is 25.7 Å². The Morgan fingerprint density at radius 2 is 2.21 bits per heavy atom. The van der Waals surface area contributed by atoms with Gasteiger partial charge in [0.15, 0.2) is 0 Å². The first-order valence-corrected chi connectivity index (χ1v) is 9.14. The Hall–Kier alpha value is -1.81. The average molecular weight is 325 g/mol. The van der Waals surface area contributed by atoms with Gasteiger partial charge in [0.1, 0.15) is 0 Å². The van der Waals surface area contributed by atoms with E-state index >= 15 is 0 Å². The van der Waals surface area contributed by atoms with Crippen LogP contribution in [0, 0.1) is 5.41 Å². The van der Waals surface area contributed by atoms with Gasteiger partial charge in [-0.3, -0.25) is 9.69 Å². The fraction of sp³-hybridized carbons (Fsp3) is 0.550. The SMILES string of the molecule is CCC1N(C)[C@@H]2Cc3c[nH]c4cccc(c34)[C@H]2CC1(CC)C(N)=O. The molecule has 2 aromatic rings. The van der Waals surface area contributed by atoms with Crippen LogP contribution < -0.4 is 5.73 Å². The minimum Gasteiger partial charge on any atom is -0.369 e. The van der Waals surface area contributed by atoms with E-state index in [-0.39, 0.29) is 11.9 Å². The number of amides is 1.